The largest absolute Gasteiger partial charge is 0.499 e. The fourth-order valence-electron chi connectivity index (χ4n) is 1.42. The normalized spacial score (nSPS) is 10.6. The van der Waals surface area contributed by atoms with Crippen LogP contribution in [-0.2, 0) is 6.61 Å². The van der Waals surface area contributed by atoms with Crippen LogP contribution in [-0.4, -0.2) is 16.5 Å². The standard InChI is InChI=1S/C10H8O3S/c11-4-7-2-1-6-3-9(13)14-10(6)8(7)5-12/h1-3,5,11,13H,4H2. The number of hydrogen-bond acceptors (Lipinski definition) is 4. The maximum atomic E-state index is 10.8. The predicted octanol–water partition coefficient (Wildman–Crippen LogP) is 1.91. The Labute approximate surface area is 84.2 Å². The van der Waals surface area contributed by atoms with Gasteiger partial charge in [-0.2, -0.15) is 0 Å². The van der Waals surface area contributed by atoms with Gasteiger partial charge in [-0.3, -0.25) is 4.79 Å². The first kappa shape index (κ1) is 9.18. The first-order valence-electron chi connectivity index (χ1n) is 4.06. The summed E-state index contributed by atoms with van der Waals surface area (Å²) in [5.41, 5.74) is 1.06. The van der Waals surface area contributed by atoms with Crippen LogP contribution in [0.25, 0.3) is 10.1 Å². The molecule has 0 unspecified atom stereocenters. The fourth-order valence-corrected chi connectivity index (χ4v) is 2.35. The van der Waals surface area contributed by atoms with Gasteiger partial charge in [-0.1, -0.05) is 23.5 Å². The third kappa shape index (κ3) is 1.29. The van der Waals surface area contributed by atoms with Crippen molar-refractivity contribution in [1.82, 2.24) is 0 Å². The number of aliphatic hydroxyl groups excluding tert-OH is 1. The molecule has 1 heterocycles. The number of hydrogen-bond donors (Lipinski definition) is 2. The van der Waals surface area contributed by atoms with Gasteiger partial charge >= 0.3 is 0 Å². The molecule has 0 saturated carbocycles. The molecule has 3 nitrogen and oxygen atoms in total. The lowest BCUT2D eigenvalue weighted by Crippen LogP contribution is -1.91. The summed E-state index contributed by atoms with van der Waals surface area (Å²) < 4.78 is 0.726. The van der Waals surface area contributed by atoms with Crippen LogP contribution in [0.1, 0.15) is 15.9 Å². The van der Waals surface area contributed by atoms with E-state index >= 15 is 0 Å². The highest BCUT2D eigenvalue weighted by Gasteiger charge is 2.09. The lowest BCUT2D eigenvalue weighted by atomic mass is 10.1. The second-order valence-corrected chi connectivity index (χ2v) is 3.95. The second kappa shape index (κ2) is 3.40. The molecule has 0 bridgehead atoms. The maximum absolute atomic E-state index is 10.8. The predicted molar refractivity (Wildman–Crippen MR) is 54.8 cm³/mol. The van der Waals surface area contributed by atoms with E-state index in [-0.39, 0.29) is 11.7 Å². The number of benzene rings is 1. The highest BCUT2D eigenvalue weighted by Crippen LogP contribution is 2.33. The minimum Gasteiger partial charge on any atom is -0.499 e. The van der Waals surface area contributed by atoms with E-state index < -0.39 is 0 Å². The molecule has 0 saturated heterocycles. The molecule has 14 heavy (non-hydrogen) atoms. The topological polar surface area (TPSA) is 57.5 Å². The average molecular weight is 208 g/mol. The zero-order chi connectivity index (χ0) is 10.1. The Bertz CT molecular complexity index is 487. The van der Waals surface area contributed by atoms with Gasteiger partial charge in [0.15, 0.2) is 11.3 Å². The van der Waals surface area contributed by atoms with E-state index in [2.05, 4.69) is 0 Å². The molecule has 0 amide bonds. The molecule has 0 fully saturated rings. The Balaban J connectivity index is 2.82. The van der Waals surface area contributed by atoms with Gasteiger partial charge in [0, 0.05) is 10.3 Å². The van der Waals surface area contributed by atoms with Crippen LogP contribution in [0.15, 0.2) is 18.2 Å². The first-order valence-corrected chi connectivity index (χ1v) is 4.88. The smallest absolute Gasteiger partial charge is 0.172 e. The second-order valence-electron chi connectivity index (χ2n) is 2.92. The van der Waals surface area contributed by atoms with Gasteiger partial charge in [-0.25, -0.2) is 0 Å². The molecular formula is C10H8O3S. The van der Waals surface area contributed by atoms with E-state index in [4.69, 9.17) is 5.11 Å². The summed E-state index contributed by atoms with van der Waals surface area (Å²) in [6, 6.07) is 5.08. The highest BCUT2D eigenvalue weighted by molar-refractivity contribution is 7.21. The Morgan fingerprint density at radius 1 is 1.43 bits per heavy atom. The van der Waals surface area contributed by atoms with Gasteiger partial charge in [-0.05, 0) is 17.0 Å². The van der Waals surface area contributed by atoms with Crippen molar-refractivity contribution in [2.75, 3.05) is 0 Å². The van der Waals surface area contributed by atoms with E-state index in [0.717, 1.165) is 21.4 Å². The summed E-state index contributed by atoms with van der Waals surface area (Å²) >= 11 is 1.15. The molecule has 2 aromatic rings. The summed E-state index contributed by atoms with van der Waals surface area (Å²) in [6.45, 7) is -0.164. The lowest BCUT2D eigenvalue weighted by Gasteiger charge is -2.00. The molecule has 0 radical (unpaired) electrons. The van der Waals surface area contributed by atoms with Crippen LogP contribution in [0.3, 0.4) is 0 Å². The van der Waals surface area contributed by atoms with Gasteiger partial charge < -0.3 is 10.2 Å². The summed E-state index contributed by atoms with van der Waals surface area (Å²) in [6.07, 6.45) is 0.712. The van der Waals surface area contributed by atoms with E-state index in [9.17, 15) is 9.90 Å². The monoisotopic (exact) mass is 208 g/mol. The molecule has 1 aromatic carbocycles. The maximum Gasteiger partial charge on any atom is 0.172 e. The van der Waals surface area contributed by atoms with Crippen LogP contribution in [0.5, 0.6) is 5.06 Å². The molecule has 4 heteroatoms. The van der Waals surface area contributed by atoms with Gasteiger partial charge in [0.2, 0.25) is 0 Å². The molecule has 0 spiro atoms. The molecule has 0 aliphatic carbocycles. The highest BCUT2D eigenvalue weighted by atomic mass is 32.1. The molecule has 1 aromatic heterocycles. The van der Waals surface area contributed by atoms with E-state index in [1.54, 1.807) is 18.2 Å². The third-order valence-corrected chi connectivity index (χ3v) is 3.08. The SMILES string of the molecule is O=Cc1c(CO)ccc2cc(O)sc12. The Hall–Kier alpha value is -1.39. The van der Waals surface area contributed by atoms with Crippen LogP contribution in [0.2, 0.25) is 0 Å². The van der Waals surface area contributed by atoms with Crippen molar-refractivity contribution < 1.29 is 15.0 Å². The van der Waals surface area contributed by atoms with Gasteiger partial charge in [0.25, 0.3) is 0 Å². The first-order chi connectivity index (χ1) is 6.76. The van der Waals surface area contributed by atoms with Crippen LogP contribution in [0, 0.1) is 0 Å². The molecule has 0 aliphatic heterocycles. The number of thiophene rings is 1. The number of aromatic hydroxyl groups is 1. The van der Waals surface area contributed by atoms with Crippen molar-refractivity contribution >= 4 is 27.7 Å². The summed E-state index contributed by atoms with van der Waals surface area (Å²) in [5.74, 6) is 0. The molecule has 2 N–H and O–H groups in total. The third-order valence-electron chi connectivity index (χ3n) is 2.09. The number of carbonyl (C=O) groups is 1. The minimum atomic E-state index is -0.164. The number of rotatable bonds is 2. The molecule has 0 aliphatic rings. The number of aliphatic hydroxyl groups is 1. The number of aldehydes is 1. The average Bonchev–Trinajstić information content (AvgIpc) is 2.56. The van der Waals surface area contributed by atoms with E-state index in [1.165, 1.54) is 0 Å². The van der Waals surface area contributed by atoms with Gasteiger partial charge in [0.05, 0.1) is 6.61 Å². The zero-order valence-corrected chi connectivity index (χ0v) is 8.04. The van der Waals surface area contributed by atoms with Crippen molar-refractivity contribution in [3.8, 4) is 5.06 Å². The van der Waals surface area contributed by atoms with Crippen molar-refractivity contribution in [2.45, 2.75) is 6.61 Å². The Morgan fingerprint density at radius 3 is 2.86 bits per heavy atom. The van der Waals surface area contributed by atoms with Crippen molar-refractivity contribution in [3.05, 3.63) is 29.3 Å². The molecular weight excluding hydrogens is 200 g/mol. The quantitative estimate of drug-likeness (QED) is 0.741. The summed E-state index contributed by atoms with van der Waals surface area (Å²) in [7, 11) is 0. The number of fused-ring (bicyclic) bond motifs is 1. The zero-order valence-electron chi connectivity index (χ0n) is 7.23. The van der Waals surface area contributed by atoms with Crippen LogP contribution >= 0.6 is 11.3 Å². The van der Waals surface area contributed by atoms with E-state index in [0.29, 0.717) is 17.4 Å². The Morgan fingerprint density at radius 2 is 2.21 bits per heavy atom. The molecule has 72 valence electrons. The van der Waals surface area contributed by atoms with Crippen molar-refractivity contribution in [1.29, 1.82) is 0 Å². The van der Waals surface area contributed by atoms with Crippen molar-refractivity contribution in [2.24, 2.45) is 0 Å². The summed E-state index contributed by atoms with van der Waals surface area (Å²) in [4.78, 5) is 10.8. The Kier molecular flexibility index (Phi) is 2.23. The van der Waals surface area contributed by atoms with Gasteiger partial charge in [0.1, 0.15) is 0 Å². The minimum absolute atomic E-state index is 0.164. The summed E-state index contributed by atoms with van der Waals surface area (Å²) in [5, 5.41) is 19.3. The van der Waals surface area contributed by atoms with Crippen LogP contribution in [0.4, 0.5) is 0 Å². The van der Waals surface area contributed by atoms with E-state index in [1.807, 2.05) is 0 Å². The molecule has 0 atom stereocenters. The number of carbonyl (C=O) groups excluding carboxylic acids is 1. The van der Waals surface area contributed by atoms with Crippen molar-refractivity contribution in [3.63, 3.8) is 0 Å². The fraction of sp³-hybridized carbons (Fsp3) is 0.100. The molecule has 2 rings (SSSR count). The van der Waals surface area contributed by atoms with Gasteiger partial charge in [-0.15, -0.1) is 0 Å². The van der Waals surface area contributed by atoms with Crippen LogP contribution < -0.4 is 0 Å². The lowest BCUT2D eigenvalue weighted by molar-refractivity contribution is 0.112.